The minimum Gasteiger partial charge on any atom is -0.496 e. The number of pyridine rings is 1. The Kier molecular flexibility index (Phi) is 5.98. The smallest absolute Gasteiger partial charge is 0.129 e. The van der Waals surface area contributed by atoms with Crippen molar-refractivity contribution in [1.29, 1.82) is 0 Å². The number of aryl methyl sites for hydroxylation is 1. The second-order valence-electron chi connectivity index (χ2n) is 6.49. The highest BCUT2D eigenvalue weighted by molar-refractivity contribution is 5.61. The molecule has 140 valence electrons. The Morgan fingerprint density at radius 1 is 1.11 bits per heavy atom. The molecular weight excluding hydrogens is 340 g/mol. The first-order valence-corrected chi connectivity index (χ1v) is 8.87. The summed E-state index contributed by atoms with van der Waals surface area (Å²) in [4.78, 5) is 13.0. The summed E-state index contributed by atoms with van der Waals surface area (Å²) in [6.07, 6.45) is 3.37. The Labute approximate surface area is 159 Å². The highest BCUT2D eigenvalue weighted by Gasteiger charge is 2.13. The van der Waals surface area contributed by atoms with Crippen LogP contribution in [0.5, 0.6) is 5.75 Å². The Morgan fingerprint density at radius 3 is 2.67 bits per heavy atom. The van der Waals surface area contributed by atoms with Gasteiger partial charge in [-0.15, -0.1) is 0 Å². The van der Waals surface area contributed by atoms with E-state index in [1.165, 1.54) is 0 Å². The fourth-order valence-electron chi connectivity index (χ4n) is 2.86. The molecule has 1 unspecified atom stereocenters. The number of aliphatic hydroxyl groups is 1. The van der Waals surface area contributed by atoms with E-state index in [2.05, 4.69) is 27.2 Å². The summed E-state index contributed by atoms with van der Waals surface area (Å²) in [7, 11) is 1.65. The van der Waals surface area contributed by atoms with Gasteiger partial charge in [-0.25, -0.2) is 9.97 Å². The molecule has 3 rings (SSSR count). The Balaban J connectivity index is 1.71. The van der Waals surface area contributed by atoms with E-state index in [1.807, 2.05) is 49.5 Å². The van der Waals surface area contributed by atoms with Crippen LogP contribution in [-0.4, -0.2) is 33.7 Å². The van der Waals surface area contributed by atoms with Crippen LogP contribution < -0.4 is 10.1 Å². The van der Waals surface area contributed by atoms with Crippen LogP contribution in [0.2, 0.25) is 0 Å². The van der Waals surface area contributed by atoms with Crippen molar-refractivity contribution >= 4 is 5.82 Å². The summed E-state index contributed by atoms with van der Waals surface area (Å²) >= 11 is 0. The number of hydrogen-bond acceptors (Lipinski definition) is 6. The number of methoxy groups -OCH3 is 1. The van der Waals surface area contributed by atoms with Gasteiger partial charge in [-0.05, 0) is 36.2 Å². The first-order chi connectivity index (χ1) is 13.1. The fraction of sp³-hybridized carbons (Fsp3) is 0.286. The van der Waals surface area contributed by atoms with E-state index in [4.69, 9.17) is 4.74 Å². The van der Waals surface area contributed by atoms with Crippen molar-refractivity contribution < 1.29 is 9.84 Å². The summed E-state index contributed by atoms with van der Waals surface area (Å²) in [5, 5.41) is 12.7. The predicted molar refractivity (Wildman–Crippen MR) is 106 cm³/mol. The molecule has 2 heterocycles. The van der Waals surface area contributed by atoms with Gasteiger partial charge in [0.05, 0.1) is 19.4 Å². The molecule has 6 nitrogen and oxygen atoms in total. The summed E-state index contributed by atoms with van der Waals surface area (Å²) in [5.41, 5.74) is 4.68. The summed E-state index contributed by atoms with van der Waals surface area (Å²) in [5.74, 6) is 1.75. The molecule has 0 bridgehead atoms. The summed E-state index contributed by atoms with van der Waals surface area (Å²) < 4.78 is 5.48. The quantitative estimate of drug-likeness (QED) is 0.667. The van der Waals surface area contributed by atoms with E-state index >= 15 is 0 Å². The minimum atomic E-state index is 0.000844. The highest BCUT2D eigenvalue weighted by atomic mass is 16.5. The topological polar surface area (TPSA) is 80.2 Å². The molecule has 0 radical (unpaired) electrons. The zero-order valence-corrected chi connectivity index (χ0v) is 15.8. The van der Waals surface area contributed by atoms with Crippen LogP contribution in [0, 0.1) is 6.92 Å². The van der Waals surface area contributed by atoms with E-state index < -0.39 is 0 Å². The van der Waals surface area contributed by atoms with Crippen molar-refractivity contribution in [3.05, 3.63) is 65.7 Å². The van der Waals surface area contributed by atoms with Gasteiger partial charge < -0.3 is 15.2 Å². The molecule has 0 saturated heterocycles. The average Bonchev–Trinajstić information content (AvgIpc) is 2.72. The molecule has 0 amide bonds. The number of aliphatic hydroxyl groups excluding tert-OH is 1. The largest absolute Gasteiger partial charge is 0.496 e. The lowest BCUT2D eigenvalue weighted by atomic mass is 9.98. The van der Waals surface area contributed by atoms with Crippen molar-refractivity contribution in [2.24, 2.45) is 0 Å². The number of aromatic nitrogens is 3. The Hall–Kier alpha value is -2.99. The molecule has 0 spiro atoms. The first-order valence-electron chi connectivity index (χ1n) is 8.87. The van der Waals surface area contributed by atoms with Crippen LogP contribution in [0.4, 0.5) is 5.82 Å². The molecule has 0 saturated carbocycles. The van der Waals surface area contributed by atoms with Crippen LogP contribution in [0.15, 0.2) is 48.9 Å². The van der Waals surface area contributed by atoms with Gasteiger partial charge >= 0.3 is 0 Å². The van der Waals surface area contributed by atoms with E-state index in [0.717, 1.165) is 39.6 Å². The lowest BCUT2D eigenvalue weighted by Crippen LogP contribution is -2.12. The molecule has 0 aliphatic rings. The standard InChI is InChI=1S/C21H24N4O2/c1-14(18-7-5-16(12-26)8-20(18)27-3)10-23-21-9-19(24-13-25-21)17-6-4-15(2)22-11-17/h4-9,11,13-14,26H,10,12H2,1-3H3,(H,23,24,25). The van der Waals surface area contributed by atoms with Gasteiger partial charge in [0.1, 0.15) is 17.9 Å². The molecule has 0 fully saturated rings. The molecule has 2 N–H and O–H groups in total. The molecule has 1 atom stereocenters. The second-order valence-corrected chi connectivity index (χ2v) is 6.49. The van der Waals surface area contributed by atoms with Crippen molar-refractivity contribution in [2.45, 2.75) is 26.4 Å². The molecule has 0 aliphatic carbocycles. The number of benzene rings is 1. The zero-order chi connectivity index (χ0) is 19.2. The number of hydrogen-bond donors (Lipinski definition) is 2. The van der Waals surface area contributed by atoms with Gasteiger partial charge in [-0.2, -0.15) is 0 Å². The number of rotatable bonds is 7. The molecule has 1 aromatic carbocycles. The number of nitrogens with zero attached hydrogens (tertiary/aromatic N) is 3. The van der Waals surface area contributed by atoms with Gasteiger partial charge in [0.15, 0.2) is 0 Å². The third-order valence-corrected chi connectivity index (χ3v) is 4.47. The van der Waals surface area contributed by atoms with Crippen LogP contribution in [0.25, 0.3) is 11.3 Å². The lowest BCUT2D eigenvalue weighted by Gasteiger charge is -2.17. The Bertz CT molecular complexity index is 897. The zero-order valence-electron chi connectivity index (χ0n) is 15.8. The van der Waals surface area contributed by atoms with Gasteiger partial charge in [0, 0.05) is 36.0 Å². The number of nitrogens with one attached hydrogen (secondary N) is 1. The SMILES string of the molecule is COc1cc(CO)ccc1C(C)CNc1cc(-c2ccc(C)nc2)ncn1. The summed E-state index contributed by atoms with van der Waals surface area (Å²) in [6, 6.07) is 11.7. The van der Waals surface area contributed by atoms with Gasteiger partial charge in [0.2, 0.25) is 0 Å². The molecule has 27 heavy (non-hydrogen) atoms. The van der Waals surface area contributed by atoms with Crippen molar-refractivity contribution in [3.8, 4) is 17.0 Å². The van der Waals surface area contributed by atoms with Crippen LogP contribution in [-0.2, 0) is 6.61 Å². The molecule has 6 heteroatoms. The fourth-order valence-corrected chi connectivity index (χ4v) is 2.86. The molecule has 0 aliphatic heterocycles. The second kappa shape index (κ2) is 8.60. The van der Waals surface area contributed by atoms with Crippen LogP contribution in [0.1, 0.15) is 29.7 Å². The van der Waals surface area contributed by atoms with E-state index in [-0.39, 0.29) is 12.5 Å². The van der Waals surface area contributed by atoms with E-state index in [0.29, 0.717) is 6.54 Å². The van der Waals surface area contributed by atoms with Crippen LogP contribution >= 0.6 is 0 Å². The van der Waals surface area contributed by atoms with Crippen molar-refractivity contribution in [2.75, 3.05) is 19.0 Å². The Morgan fingerprint density at radius 2 is 1.96 bits per heavy atom. The maximum atomic E-state index is 9.29. The maximum Gasteiger partial charge on any atom is 0.129 e. The lowest BCUT2D eigenvalue weighted by molar-refractivity contribution is 0.281. The normalized spacial score (nSPS) is 11.9. The monoisotopic (exact) mass is 364 g/mol. The van der Waals surface area contributed by atoms with Crippen molar-refractivity contribution in [3.63, 3.8) is 0 Å². The molecule has 3 aromatic rings. The maximum absolute atomic E-state index is 9.29. The summed E-state index contributed by atoms with van der Waals surface area (Å²) in [6.45, 7) is 4.77. The third kappa shape index (κ3) is 4.60. The number of anilines is 1. The van der Waals surface area contributed by atoms with Gasteiger partial charge in [0.25, 0.3) is 0 Å². The minimum absolute atomic E-state index is 0.000844. The van der Waals surface area contributed by atoms with E-state index in [9.17, 15) is 5.11 Å². The van der Waals surface area contributed by atoms with Crippen LogP contribution in [0.3, 0.4) is 0 Å². The van der Waals surface area contributed by atoms with E-state index in [1.54, 1.807) is 13.4 Å². The average molecular weight is 364 g/mol. The highest BCUT2D eigenvalue weighted by Crippen LogP contribution is 2.28. The van der Waals surface area contributed by atoms with Crippen molar-refractivity contribution in [1.82, 2.24) is 15.0 Å². The first kappa shape index (κ1) is 18.8. The number of ether oxygens (including phenoxy) is 1. The van der Waals surface area contributed by atoms with Gasteiger partial charge in [-0.1, -0.05) is 19.1 Å². The third-order valence-electron chi connectivity index (χ3n) is 4.47. The molecule has 2 aromatic heterocycles. The molecular formula is C21H24N4O2. The van der Waals surface area contributed by atoms with Gasteiger partial charge in [-0.3, -0.25) is 4.98 Å². The predicted octanol–water partition coefficient (Wildman–Crippen LogP) is 3.56.